The molecule has 5 nitrogen and oxygen atoms in total. The lowest BCUT2D eigenvalue weighted by atomic mass is 9.87. The van der Waals surface area contributed by atoms with Crippen molar-refractivity contribution in [3.63, 3.8) is 0 Å². The van der Waals surface area contributed by atoms with Gasteiger partial charge in [0, 0.05) is 18.3 Å². The molecule has 5 heteroatoms. The second-order valence-electron chi connectivity index (χ2n) is 6.08. The van der Waals surface area contributed by atoms with Crippen molar-refractivity contribution in [2.24, 2.45) is 5.41 Å². The van der Waals surface area contributed by atoms with Gasteiger partial charge in [0.25, 0.3) is 5.69 Å². The predicted octanol–water partition coefficient (Wildman–Crippen LogP) is 4.48. The molecule has 0 aromatic heterocycles. The van der Waals surface area contributed by atoms with Crippen LogP contribution in [0.5, 0.6) is 0 Å². The van der Waals surface area contributed by atoms with Crippen molar-refractivity contribution in [3.8, 4) is 6.07 Å². The van der Waals surface area contributed by atoms with E-state index in [1.807, 2.05) is 6.07 Å². The summed E-state index contributed by atoms with van der Waals surface area (Å²) < 4.78 is 0. The number of nitro groups is 1. The summed E-state index contributed by atoms with van der Waals surface area (Å²) in [5, 5.41) is 23.0. The largest absolute Gasteiger partial charge is 0.384 e. The molecule has 0 unspecified atom stereocenters. The van der Waals surface area contributed by atoms with E-state index in [2.05, 4.69) is 26.1 Å². The fraction of sp³-hybridized carbons (Fsp3) is 0.562. The first-order chi connectivity index (χ1) is 9.89. The van der Waals surface area contributed by atoms with Gasteiger partial charge in [-0.05, 0) is 24.0 Å². The number of nitrogens with zero attached hydrogens (tertiary/aromatic N) is 2. The number of nitro benzene ring substituents is 1. The lowest BCUT2D eigenvalue weighted by Gasteiger charge is -2.25. The monoisotopic (exact) mass is 289 g/mol. The van der Waals surface area contributed by atoms with Crippen molar-refractivity contribution in [2.45, 2.75) is 46.5 Å². The third-order valence-electron chi connectivity index (χ3n) is 3.54. The first-order valence-electron chi connectivity index (χ1n) is 7.32. The minimum Gasteiger partial charge on any atom is -0.384 e. The highest BCUT2D eigenvalue weighted by atomic mass is 16.6. The van der Waals surface area contributed by atoms with Crippen LogP contribution < -0.4 is 5.32 Å². The fourth-order valence-corrected chi connectivity index (χ4v) is 2.17. The highest BCUT2D eigenvalue weighted by molar-refractivity contribution is 5.59. The van der Waals surface area contributed by atoms with Crippen LogP contribution in [0.25, 0.3) is 0 Å². The molecular weight excluding hydrogens is 266 g/mol. The van der Waals surface area contributed by atoms with Gasteiger partial charge in [0.2, 0.25) is 0 Å². The first-order valence-corrected chi connectivity index (χ1v) is 7.32. The van der Waals surface area contributed by atoms with E-state index in [1.165, 1.54) is 31.4 Å². The third-order valence-corrected chi connectivity index (χ3v) is 3.54. The van der Waals surface area contributed by atoms with E-state index in [1.54, 1.807) is 6.07 Å². The van der Waals surface area contributed by atoms with E-state index in [9.17, 15) is 10.1 Å². The van der Waals surface area contributed by atoms with Gasteiger partial charge in [0.1, 0.15) is 11.6 Å². The van der Waals surface area contributed by atoms with E-state index in [-0.39, 0.29) is 16.7 Å². The molecule has 0 amide bonds. The summed E-state index contributed by atoms with van der Waals surface area (Å²) in [6.07, 6.45) is 4.74. The Hall–Kier alpha value is -2.09. The zero-order chi connectivity index (χ0) is 15.9. The van der Waals surface area contributed by atoms with E-state index >= 15 is 0 Å². The molecule has 1 aromatic rings. The maximum absolute atomic E-state index is 10.9. The van der Waals surface area contributed by atoms with Gasteiger partial charge in [-0.1, -0.05) is 40.0 Å². The Bertz CT molecular complexity index is 533. The van der Waals surface area contributed by atoms with Gasteiger partial charge >= 0.3 is 0 Å². The minimum atomic E-state index is -0.518. The fourth-order valence-electron chi connectivity index (χ4n) is 2.17. The molecule has 21 heavy (non-hydrogen) atoms. The summed E-state index contributed by atoms with van der Waals surface area (Å²) in [4.78, 5) is 10.4. The molecule has 0 radical (unpaired) electrons. The molecule has 0 saturated heterocycles. The molecule has 0 spiro atoms. The van der Waals surface area contributed by atoms with Crippen molar-refractivity contribution >= 4 is 11.4 Å². The summed E-state index contributed by atoms with van der Waals surface area (Å²) in [7, 11) is 0. The number of hydrogen-bond acceptors (Lipinski definition) is 4. The second-order valence-corrected chi connectivity index (χ2v) is 6.08. The van der Waals surface area contributed by atoms with Crippen molar-refractivity contribution in [1.29, 1.82) is 5.26 Å². The smallest absolute Gasteiger partial charge is 0.289 e. The summed E-state index contributed by atoms with van der Waals surface area (Å²) >= 11 is 0. The molecular formula is C16H23N3O2. The topological polar surface area (TPSA) is 79.0 Å². The molecule has 0 aliphatic heterocycles. The highest BCUT2D eigenvalue weighted by Gasteiger charge is 2.18. The number of hydrogen-bond donors (Lipinski definition) is 1. The summed E-state index contributed by atoms with van der Waals surface area (Å²) in [5.74, 6) is 0. The number of anilines is 1. The minimum absolute atomic E-state index is 0.0905. The van der Waals surface area contributed by atoms with Crippen LogP contribution in [0.15, 0.2) is 18.2 Å². The molecule has 0 bridgehead atoms. The van der Waals surface area contributed by atoms with Gasteiger partial charge in [-0.2, -0.15) is 5.26 Å². The van der Waals surface area contributed by atoms with Crippen molar-refractivity contribution < 1.29 is 4.92 Å². The number of rotatable bonds is 8. The maximum Gasteiger partial charge on any atom is 0.289 e. The summed E-state index contributed by atoms with van der Waals surface area (Å²) in [5.41, 5.74) is 0.765. The van der Waals surface area contributed by atoms with Crippen LogP contribution in [0.2, 0.25) is 0 Å². The highest BCUT2D eigenvalue weighted by Crippen LogP contribution is 2.26. The summed E-state index contributed by atoms with van der Waals surface area (Å²) in [6, 6.07) is 6.48. The van der Waals surface area contributed by atoms with E-state index in [4.69, 9.17) is 5.26 Å². The summed E-state index contributed by atoms with van der Waals surface area (Å²) in [6.45, 7) is 7.31. The Balaban J connectivity index is 2.69. The zero-order valence-corrected chi connectivity index (χ0v) is 13.0. The number of nitrogens with one attached hydrogen (secondary N) is 1. The normalized spacial score (nSPS) is 11.0. The van der Waals surface area contributed by atoms with Crippen LogP contribution in [0.3, 0.4) is 0 Å². The molecule has 0 atom stereocenters. The number of benzene rings is 1. The van der Waals surface area contributed by atoms with Crippen molar-refractivity contribution in [1.82, 2.24) is 0 Å². The van der Waals surface area contributed by atoms with Crippen LogP contribution in [0.1, 0.15) is 52.0 Å². The van der Waals surface area contributed by atoms with Gasteiger partial charge in [-0.25, -0.2) is 0 Å². The molecule has 0 saturated carbocycles. The average molecular weight is 289 g/mol. The molecule has 0 aliphatic carbocycles. The lowest BCUT2D eigenvalue weighted by Crippen LogP contribution is -2.23. The van der Waals surface area contributed by atoms with E-state index in [0.29, 0.717) is 5.69 Å². The third kappa shape index (κ3) is 5.42. The second kappa shape index (κ2) is 7.63. The van der Waals surface area contributed by atoms with Crippen LogP contribution >= 0.6 is 0 Å². The molecule has 1 aromatic carbocycles. The average Bonchev–Trinajstić information content (AvgIpc) is 2.45. The molecule has 114 valence electrons. The van der Waals surface area contributed by atoms with Gasteiger partial charge in [0.15, 0.2) is 0 Å². The van der Waals surface area contributed by atoms with E-state index in [0.717, 1.165) is 13.0 Å². The number of nitriles is 1. The molecule has 1 N–H and O–H groups in total. The Kier molecular flexibility index (Phi) is 6.16. The Morgan fingerprint density at radius 1 is 1.38 bits per heavy atom. The predicted molar refractivity (Wildman–Crippen MR) is 84.2 cm³/mol. The van der Waals surface area contributed by atoms with Crippen LogP contribution in [0, 0.1) is 26.9 Å². The zero-order valence-electron chi connectivity index (χ0n) is 13.0. The standard InChI is InChI=1S/C16H23N3O2/c1-4-5-6-9-16(2,3)12-18-14-8-7-13(11-17)15(10-14)19(20)21/h7-8,10,18H,4-6,9,12H2,1-3H3. The van der Waals surface area contributed by atoms with Gasteiger partial charge < -0.3 is 5.32 Å². The first kappa shape index (κ1) is 17.0. The maximum atomic E-state index is 10.9. The van der Waals surface area contributed by atoms with Crippen molar-refractivity contribution in [2.75, 3.05) is 11.9 Å². The van der Waals surface area contributed by atoms with Gasteiger partial charge in [-0.15, -0.1) is 0 Å². The SMILES string of the molecule is CCCCCC(C)(C)CNc1ccc(C#N)c([N+](=O)[O-])c1. The quantitative estimate of drug-likeness (QED) is 0.434. The molecule has 0 fully saturated rings. The van der Waals surface area contributed by atoms with E-state index < -0.39 is 4.92 Å². The van der Waals surface area contributed by atoms with Gasteiger partial charge in [-0.3, -0.25) is 10.1 Å². The Morgan fingerprint density at radius 2 is 2.10 bits per heavy atom. The van der Waals surface area contributed by atoms with Crippen LogP contribution in [0.4, 0.5) is 11.4 Å². The van der Waals surface area contributed by atoms with Gasteiger partial charge in [0.05, 0.1) is 4.92 Å². The van der Waals surface area contributed by atoms with Crippen LogP contribution in [-0.2, 0) is 0 Å². The lowest BCUT2D eigenvalue weighted by molar-refractivity contribution is -0.385. The molecule has 0 heterocycles. The Labute approximate surface area is 126 Å². The number of unbranched alkanes of at least 4 members (excludes halogenated alkanes) is 2. The molecule has 0 aliphatic rings. The van der Waals surface area contributed by atoms with Crippen LogP contribution in [-0.4, -0.2) is 11.5 Å². The Morgan fingerprint density at radius 3 is 2.67 bits per heavy atom. The van der Waals surface area contributed by atoms with Crippen molar-refractivity contribution in [3.05, 3.63) is 33.9 Å². The molecule has 1 rings (SSSR count).